The number of aromatic amines is 1. The number of amides is 3. The summed E-state index contributed by atoms with van der Waals surface area (Å²) in [5.74, 6) is -1.49. The maximum atomic E-state index is 12.1. The SMILES string of the molecule is Cc1cccc(NC(=O)NC(=O)COC(=O)c2cc(-c3ccccc3)n[nH]2)c1C. The molecule has 0 aliphatic heterocycles. The molecule has 0 saturated carbocycles. The highest BCUT2D eigenvalue weighted by atomic mass is 16.5. The second kappa shape index (κ2) is 8.83. The van der Waals surface area contributed by atoms with E-state index in [0.717, 1.165) is 16.7 Å². The van der Waals surface area contributed by atoms with Crippen LogP contribution in [0, 0.1) is 13.8 Å². The Bertz CT molecular complexity index is 1040. The molecule has 3 aromatic rings. The van der Waals surface area contributed by atoms with Crippen molar-refractivity contribution in [2.75, 3.05) is 11.9 Å². The summed E-state index contributed by atoms with van der Waals surface area (Å²) in [5.41, 5.74) is 4.03. The molecule has 2 aromatic carbocycles. The third kappa shape index (κ3) is 5.07. The first-order chi connectivity index (χ1) is 13.9. The Hall–Kier alpha value is -3.94. The van der Waals surface area contributed by atoms with Crippen LogP contribution < -0.4 is 10.6 Å². The predicted molar refractivity (Wildman–Crippen MR) is 107 cm³/mol. The standard InChI is InChI=1S/C21H20N4O4/c1-13-7-6-10-16(14(13)2)22-21(28)23-19(26)12-29-20(27)18-11-17(24-25-18)15-8-4-3-5-9-15/h3-11H,12H2,1-2H3,(H,24,25)(H2,22,23,26,28). The third-order valence-corrected chi connectivity index (χ3v) is 4.31. The largest absolute Gasteiger partial charge is 0.451 e. The van der Waals surface area contributed by atoms with Gasteiger partial charge in [0, 0.05) is 11.3 Å². The minimum absolute atomic E-state index is 0.108. The molecule has 0 spiro atoms. The topological polar surface area (TPSA) is 113 Å². The zero-order chi connectivity index (χ0) is 20.8. The molecule has 3 rings (SSSR count). The first kappa shape index (κ1) is 19.8. The lowest BCUT2D eigenvalue weighted by molar-refractivity contribution is -0.123. The Morgan fingerprint density at radius 1 is 1.03 bits per heavy atom. The minimum Gasteiger partial charge on any atom is -0.451 e. The number of H-pyrrole nitrogens is 1. The molecule has 0 fully saturated rings. The fraction of sp³-hybridized carbons (Fsp3) is 0.143. The molecule has 0 atom stereocenters. The number of rotatable bonds is 5. The van der Waals surface area contributed by atoms with Gasteiger partial charge in [-0.15, -0.1) is 0 Å². The fourth-order valence-corrected chi connectivity index (χ4v) is 2.59. The number of imide groups is 1. The average Bonchev–Trinajstić information content (AvgIpc) is 3.21. The molecule has 8 nitrogen and oxygen atoms in total. The number of nitrogens with one attached hydrogen (secondary N) is 3. The fourth-order valence-electron chi connectivity index (χ4n) is 2.59. The van der Waals surface area contributed by atoms with Gasteiger partial charge in [0.25, 0.3) is 5.91 Å². The van der Waals surface area contributed by atoms with E-state index in [1.807, 2.05) is 50.2 Å². The third-order valence-electron chi connectivity index (χ3n) is 4.31. The van der Waals surface area contributed by atoms with Crippen molar-refractivity contribution in [2.45, 2.75) is 13.8 Å². The Morgan fingerprint density at radius 2 is 1.79 bits per heavy atom. The lowest BCUT2D eigenvalue weighted by atomic mass is 10.1. The molecule has 1 aromatic heterocycles. The average molecular weight is 392 g/mol. The van der Waals surface area contributed by atoms with Crippen molar-refractivity contribution in [1.29, 1.82) is 0 Å². The van der Waals surface area contributed by atoms with Crippen molar-refractivity contribution in [3.05, 3.63) is 71.4 Å². The van der Waals surface area contributed by atoms with Crippen LogP contribution in [0.2, 0.25) is 0 Å². The van der Waals surface area contributed by atoms with Gasteiger partial charge in [0.2, 0.25) is 0 Å². The first-order valence-electron chi connectivity index (χ1n) is 8.89. The van der Waals surface area contributed by atoms with Gasteiger partial charge in [0.1, 0.15) is 5.69 Å². The van der Waals surface area contributed by atoms with Crippen LogP contribution in [0.5, 0.6) is 0 Å². The van der Waals surface area contributed by atoms with Gasteiger partial charge in [-0.05, 0) is 37.1 Å². The van der Waals surface area contributed by atoms with Gasteiger partial charge >= 0.3 is 12.0 Å². The number of esters is 1. The van der Waals surface area contributed by atoms with E-state index in [4.69, 9.17) is 4.74 Å². The van der Waals surface area contributed by atoms with E-state index in [9.17, 15) is 14.4 Å². The van der Waals surface area contributed by atoms with Crippen LogP contribution in [-0.4, -0.2) is 34.7 Å². The van der Waals surface area contributed by atoms with Crippen molar-refractivity contribution >= 4 is 23.6 Å². The molecular weight excluding hydrogens is 372 g/mol. The van der Waals surface area contributed by atoms with E-state index >= 15 is 0 Å². The molecule has 0 aliphatic carbocycles. The summed E-state index contributed by atoms with van der Waals surface area (Å²) in [6.07, 6.45) is 0. The van der Waals surface area contributed by atoms with Gasteiger partial charge in [-0.2, -0.15) is 5.10 Å². The first-order valence-corrected chi connectivity index (χ1v) is 8.89. The van der Waals surface area contributed by atoms with E-state index in [-0.39, 0.29) is 5.69 Å². The number of nitrogens with zero attached hydrogens (tertiary/aromatic N) is 1. The van der Waals surface area contributed by atoms with Gasteiger partial charge in [0.05, 0.1) is 5.69 Å². The molecule has 3 N–H and O–H groups in total. The van der Waals surface area contributed by atoms with Crippen LogP contribution in [0.4, 0.5) is 10.5 Å². The summed E-state index contributed by atoms with van der Waals surface area (Å²) < 4.78 is 4.93. The van der Waals surface area contributed by atoms with E-state index < -0.39 is 24.5 Å². The van der Waals surface area contributed by atoms with Crippen molar-refractivity contribution in [1.82, 2.24) is 15.5 Å². The maximum Gasteiger partial charge on any atom is 0.356 e. The van der Waals surface area contributed by atoms with E-state index in [0.29, 0.717) is 11.4 Å². The predicted octanol–water partition coefficient (Wildman–Crippen LogP) is 3.20. The number of urea groups is 1. The van der Waals surface area contributed by atoms with Crippen molar-refractivity contribution in [3.8, 4) is 11.3 Å². The van der Waals surface area contributed by atoms with Crippen LogP contribution >= 0.6 is 0 Å². The molecule has 29 heavy (non-hydrogen) atoms. The highest BCUT2D eigenvalue weighted by Gasteiger charge is 2.16. The van der Waals surface area contributed by atoms with Crippen LogP contribution in [0.1, 0.15) is 21.6 Å². The molecule has 0 aliphatic rings. The summed E-state index contributed by atoms with van der Waals surface area (Å²) in [5, 5.41) is 11.3. The summed E-state index contributed by atoms with van der Waals surface area (Å²) in [6.45, 7) is 3.18. The Kier molecular flexibility index (Phi) is 6.03. The Balaban J connectivity index is 1.50. The normalized spacial score (nSPS) is 10.3. The number of benzene rings is 2. The second-order valence-corrected chi connectivity index (χ2v) is 6.36. The van der Waals surface area contributed by atoms with Crippen LogP contribution in [0.25, 0.3) is 11.3 Å². The highest BCUT2D eigenvalue weighted by Crippen LogP contribution is 2.18. The quantitative estimate of drug-likeness (QED) is 0.577. The molecule has 0 radical (unpaired) electrons. The lowest BCUT2D eigenvalue weighted by Crippen LogP contribution is -2.37. The number of aromatic nitrogens is 2. The lowest BCUT2D eigenvalue weighted by Gasteiger charge is -2.10. The summed E-state index contributed by atoms with van der Waals surface area (Å²) in [6, 6.07) is 15.6. The van der Waals surface area contributed by atoms with Crippen molar-refractivity contribution in [3.63, 3.8) is 0 Å². The molecular formula is C21H20N4O4. The number of hydrogen-bond donors (Lipinski definition) is 3. The number of carbonyl (C=O) groups excluding carboxylic acids is 3. The maximum absolute atomic E-state index is 12.1. The van der Waals surface area contributed by atoms with Gasteiger partial charge < -0.3 is 10.1 Å². The number of anilines is 1. The molecule has 148 valence electrons. The van der Waals surface area contributed by atoms with Gasteiger partial charge in [-0.25, -0.2) is 9.59 Å². The summed E-state index contributed by atoms with van der Waals surface area (Å²) >= 11 is 0. The second-order valence-electron chi connectivity index (χ2n) is 6.36. The van der Waals surface area contributed by atoms with Gasteiger partial charge in [-0.1, -0.05) is 42.5 Å². The van der Waals surface area contributed by atoms with E-state index in [2.05, 4.69) is 20.8 Å². The van der Waals surface area contributed by atoms with Crippen molar-refractivity contribution < 1.29 is 19.1 Å². The van der Waals surface area contributed by atoms with E-state index in [1.165, 1.54) is 6.07 Å². The molecule has 1 heterocycles. The summed E-state index contributed by atoms with van der Waals surface area (Å²) in [4.78, 5) is 35.9. The molecule has 8 heteroatoms. The van der Waals surface area contributed by atoms with Gasteiger partial charge in [0.15, 0.2) is 6.61 Å². The summed E-state index contributed by atoms with van der Waals surface area (Å²) in [7, 11) is 0. The Labute approximate surface area is 167 Å². The monoisotopic (exact) mass is 392 g/mol. The van der Waals surface area contributed by atoms with Gasteiger partial charge in [-0.3, -0.25) is 15.2 Å². The van der Waals surface area contributed by atoms with E-state index in [1.54, 1.807) is 12.1 Å². The minimum atomic E-state index is -0.746. The van der Waals surface area contributed by atoms with Crippen molar-refractivity contribution in [2.24, 2.45) is 0 Å². The zero-order valence-corrected chi connectivity index (χ0v) is 16.0. The zero-order valence-electron chi connectivity index (χ0n) is 16.0. The molecule has 0 bridgehead atoms. The molecule has 0 unspecified atom stereocenters. The number of ether oxygens (including phenoxy) is 1. The highest BCUT2D eigenvalue weighted by molar-refractivity contribution is 6.02. The smallest absolute Gasteiger partial charge is 0.356 e. The Morgan fingerprint density at radius 3 is 2.55 bits per heavy atom. The number of carbonyl (C=O) groups is 3. The molecule has 0 saturated heterocycles. The molecule has 3 amide bonds. The van der Waals surface area contributed by atoms with Crippen LogP contribution in [0.3, 0.4) is 0 Å². The van der Waals surface area contributed by atoms with Crippen LogP contribution in [-0.2, 0) is 9.53 Å². The number of aryl methyl sites for hydroxylation is 1. The van der Waals surface area contributed by atoms with Crippen LogP contribution in [0.15, 0.2) is 54.6 Å². The number of hydrogen-bond acceptors (Lipinski definition) is 5.